The minimum Gasteiger partial charge on any atom is -0.481 e. The zero-order valence-corrected chi connectivity index (χ0v) is 25.0. The molecule has 9 heteroatoms. The minimum atomic E-state index is -0.962. The first kappa shape index (κ1) is 30.1. The second kappa shape index (κ2) is 11.9. The van der Waals surface area contributed by atoms with Gasteiger partial charge in [-0.1, -0.05) is 63.0 Å². The van der Waals surface area contributed by atoms with E-state index >= 15 is 0 Å². The summed E-state index contributed by atoms with van der Waals surface area (Å²) in [6.45, 7) is 9.43. The van der Waals surface area contributed by atoms with Crippen LogP contribution in [-0.2, 0) is 9.59 Å². The number of nitrogens with one attached hydrogen (secondary N) is 1. The van der Waals surface area contributed by atoms with Crippen molar-refractivity contribution in [1.29, 1.82) is 0 Å². The summed E-state index contributed by atoms with van der Waals surface area (Å²) in [5.41, 5.74) is 2.07. The number of carbonyl (C=O) groups is 3. The average Bonchev–Trinajstić information content (AvgIpc) is 3.13. The fourth-order valence-electron chi connectivity index (χ4n) is 5.82. The molecule has 1 saturated carbocycles. The molecule has 2 aromatic rings. The van der Waals surface area contributed by atoms with Gasteiger partial charge in [-0.2, -0.15) is 0 Å². The van der Waals surface area contributed by atoms with E-state index in [4.69, 9.17) is 33.3 Å². The van der Waals surface area contributed by atoms with E-state index in [1.54, 1.807) is 30.3 Å². The van der Waals surface area contributed by atoms with Crippen LogP contribution in [-0.4, -0.2) is 52.3 Å². The van der Waals surface area contributed by atoms with Gasteiger partial charge in [-0.3, -0.25) is 19.4 Å². The predicted molar refractivity (Wildman–Crippen MR) is 158 cm³/mol. The third-order valence-corrected chi connectivity index (χ3v) is 8.68. The second-order valence-electron chi connectivity index (χ2n) is 12.1. The Kier molecular flexibility index (Phi) is 8.96. The number of amides is 2. The predicted octanol–water partition coefficient (Wildman–Crippen LogP) is 6.57. The molecular formula is C31H37Cl2N3O4. The summed E-state index contributed by atoms with van der Waals surface area (Å²) in [5, 5.41) is 12.3. The van der Waals surface area contributed by atoms with E-state index in [0.29, 0.717) is 39.3 Å². The maximum atomic E-state index is 14.0. The van der Waals surface area contributed by atoms with Crippen LogP contribution >= 0.6 is 23.2 Å². The summed E-state index contributed by atoms with van der Waals surface area (Å²) in [6, 6.07) is 12.4. The van der Waals surface area contributed by atoms with Crippen LogP contribution in [0.2, 0.25) is 10.0 Å². The lowest BCUT2D eigenvalue weighted by Gasteiger charge is -2.45. The molecule has 2 amide bonds. The Balaban J connectivity index is 1.56. The zero-order valence-electron chi connectivity index (χ0n) is 23.5. The molecule has 1 fully saturated rings. The molecule has 2 aliphatic rings. The number of carbonyl (C=O) groups excluding carboxylic acids is 2. The van der Waals surface area contributed by atoms with Crippen molar-refractivity contribution in [3.05, 3.63) is 69.2 Å². The van der Waals surface area contributed by atoms with Crippen LogP contribution in [0.1, 0.15) is 87.2 Å². The van der Waals surface area contributed by atoms with Crippen molar-refractivity contribution in [1.82, 2.24) is 10.2 Å². The number of benzene rings is 2. The highest BCUT2D eigenvalue weighted by molar-refractivity contribution is 6.47. The number of carboxylic acid groups (broad SMARTS) is 1. The molecule has 1 spiro atoms. The third kappa shape index (κ3) is 6.69. The highest BCUT2D eigenvalue weighted by Crippen LogP contribution is 2.47. The number of rotatable bonds is 8. The summed E-state index contributed by atoms with van der Waals surface area (Å²) < 4.78 is 0. The molecule has 2 aromatic carbocycles. The molecule has 0 aromatic heterocycles. The topological polar surface area (TPSA) is 99.1 Å². The van der Waals surface area contributed by atoms with Gasteiger partial charge in [-0.05, 0) is 78.8 Å². The summed E-state index contributed by atoms with van der Waals surface area (Å²) >= 11 is 12.6. The van der Waals surface area contributed by atoms with Crippen LogP contribution in [0, 0.1) is 11.3 Å². The first-order valence-electron chi connectivity index (χ1n) is 13.8. The van der Waals surface area contributed by atoms with E-state index in [9.17, 15) is 14.4 Å². The lowest BCUT2D eigenvalue weighted by atomic mass is 9.69. The van der Waals surface area contributed by atoms with Gasteiger partial charge < -0.3 is 15.3 Å². The number of nitrogens with zero attached hydrogens (tertiary/aromatic N) is 2. The fourth-order valence-corrected chi connectivity index (χ4v) is 6.35. The molecule has 1 aliphatic carbocycles. The summed E-state index contributed by atoms with van der Waals surface area (Å²) in [7, 11) is 0. The Morgan fingerprint density at radius 1 is 1.10 bits per heavy atom. The van der Waals surface area contributed by atoms with Crippen LogP contribution in [0.25, 0.3) is 0 Å². The first-order chi connectivity index (χ1) is 18.8. The summed E-state index contributed by atoms with van der Waals surface area (Å²) in [4.78, 5) is 44.1. The van der Waals surface area contributed by atoms with Gasteiger partial charge in [-0.25, -0.2) is 0 Å². The molecule has 1 heterocycles. The molecule has 2 N–H and O–H groups in total. The lowest BCUT2D eigenvalue weighted by Crippen LogP contribution is -2.51. The molecule has 7 nitrogen and oxygen atoms in total. The van der Waals surface area contributed by atoms with Crippen molar-refractivity contribution in [2.45, 2.75) is 71.4 Å². The van der Waals surface area contributed by atoms with Crippen LogP contribution in [0.4, 0.5) is 0 Å². The molecular weight excluding hydrogens is 549 g/mol. The van der Waals surface area contributed by atoms with Gasteiger partial charge in [0.05, 0.1) is 6.42 Å². The number of hydrogen-bond donors (Lipinski definition) is 2. The van der Waals surface area contributed by atoms with Crippen molar-refractivity contribution in [2.75, 3.05) is 13.1 Å². The molecule has 40 heavy (non-hydrogen) atoms. The highest BCUT2D eigenvalue weighted by atomic mass is 35.5. The largest absolute Gasteiger partial charge is 0.481 e. The van der Waals surface area contributed by atoms with Crippen LogP contribution in [0.15, 0.2) is 47.5 Å². The lowest BCUT2D eigenvalue weighted by molar-refractivity contribution is -0.136. The Morgan fingerprint density at radius 2 is 1.70 bits per heavy atom. The molecule has 0 saturated heterocycles. The van der Waals surface area contributed by atoms with Crippen molar-refractivity contribution >= 4 is 46.7 Å². The number of aliphatic imine (C=N–C) groups is 1. The summed E-state index contributed by atoms with van der Waals surface area (Å²) in [6.07, 6.45) is 3.43. The van der Waals surface area contributed by atoms with Gasteiger partial charge in [0.15, 0.2) is 0 Å². The van der Waals surface area contributed by atoms with Gasteiger partial charge in [0.2, 0.25) is 0 Å². The fraction of sp³-hybridized carbons (Fsp3) is 0.484. The Labute approximate surface area is 246 Å². The second-order valence-corrected chi connectivity index (χ2v) is 13.0. The highest BCUT2D eigenvalue weighted by Gasteiger charge is 2.50. The smallest absolute Gasteiger partial charge is 0.305 e. The Morgan fingerprint density at radius 3 is 2.25 bits per heavy atom. The molecule has 214 valence electrons. The van der Waals surface area contributed by atoms with E-state index in [0.717, 1.165) is 31.2 Å². The monoisotopic (exact) mass is 585 g/mol. The van der Waals surface area contributed by atoms with E-state index in [2.05, 4.69) is 33.0 Å². The summed E-state index contributed by atoms with van der Waals surface area (Å²) in [5.74, 6) is -0.850. The number of halogens is 2. The van der Waals surface area contributed by atoms with E-state index in [1.807, 2.05) is 17.0 Å². The van der Waals surface area contributed by atoms with Crippen LogP contribution in [0.3, 0.4) is 0 Å². The van der Waals surface area contributed by atoms with Gasteiger partial charge in [0.1, 0.15) is 11.4 Å². The molecule has 0 bridgehead atoms. The average molecular weight is 587 g/mol. The molecule has 1 aliphatic heterocycles. The Hall–Kier alpha value is -2.90. The van der Waals surface area contributed by atoms with Gasteiger partial charge >= 0.3 is 5.97 Å². The maximum absolute atomic E-state index is 14.0. The first-order valence-corrected chi connectivity index (χ1v) is 14.5. The van der Waals surface area contributed by atoms with Crippen molar-refractivity contribution < 1.29 is 19.5 Å². The van der Waals surface area contributed by atoms with E-state index in [-0.39, 0.29) is 36.1 Å². The van der Waals surface area contributed by atoms with Gasteiger partial charge in [-0.15, -0.1) is 0 Å². The quantitative estimate of drug-likeness (QED) is 0.366. The zero-order chi connectivity index (χ0) is 29.2. The van der Waals surface area contributed by atoms with E-state index in [1.165, 1.54) is 0 Å². The standard InChI is InChI=1S/C31H37Cl2N3O4/c1-19(20-5-7-21(8-6-20)28(39)34-14-11-26(37)38)18-36-29(40)27(22-15-24(32)17-25(33)16-22)35-31(36)12-9-23(10-13-31)30(2,3)4/h5-8,15-17,19,23H,9-14,18H2,1-4H3,(H,34,39)(H,37,38). The number of aliphatic carboxylic acids is 1. The van der Waals surface area contributed by atoms with Gasteiger partial charge in [0, 0.05) is 34.3 Å². The Bertz CT molecular complexity index is 1290. The molecule has 1 unspecified atom stereocenters. The van der Waals surface area contributed by atoms with Crippen molar-refractivity contribution in [3.8, 4) is 0 Å². The van der Waals surface area contributed by atoms with Crippen molar-refractivity contribution in [2.24, 2.45) is 16.3 Å². The maximum Gasteiger partial charge on any atom is 0.305 e. The normalized spacial score (nSPS) is 21.9. The van der Waals surface area contributed by atoms with Gasteiger partial charge in [0.25, 0.3) is 11.8 Å². The van der Waals surface area contributed by atoms with Crippen LogP contribution < -0.4 is 5.32 Å². The van der Waals surface area contributed by atoms with Crippen LogP contribution in [0.5, 0.6) is 0 Å². The minimum absolute atomic E-state index is 0.0113. The SMILES string of the molecule is CC(CN1C(=O)C(c2cc(Cl)cc(Cl)c2)=NC12CCC(C(C)(C)C)CC2)c1ccc(C(=O)NCCC(=O)O)cc1. The molecule has 1 atom stereocenters. The molecule has 0 radical (unpaired) electrons. The number of hydrogen-bond acceptors (Lipinski definition) is 4. The molecule has 4 rings (SSSR count). The number of carboxylic acids is 1. The van der Waals surface area contributed by atoms with E-state index < -0.39 is 11.6 Å². The third-order valence-electron chi connectivity index (χ3n) is 8.24. The van der Waals surface area contributed by atoms with Crippen molar-refractivity contribution in [3.63, 3.8) is 0 Å².